The number of aromatic nitrogens is 1. The largest absolute Gasteiger partial charge is 0.522 e. The molecule has 162 valence electrons. The van der Waals surface area contributed by atoms with Crippen LogP contribution in [0.5, 0.6) is 0 Å². The normalized spacial score (nSPS) is 19.1. The number of ether oxygens (including phenoxy) is 1. The first kappa shape index (κ1) is 22.9. The minimum Gasteiger partial charge on any atom is -0.356 e. The van der Waals surface area contributed by atoms with Crippen LogP contribution in [-0.4, -0.2) is 47.7 Å². The third-order valence-electron chi connectivity index (χ3n) is 4.75. The second kappa shape index (κ2) is 9.91. The molecule has 29 heavy (non-hydrogen) atoms. The van der Waals surface area contributed by atoms with Gasteiger partial charge in [-0.3, -0.25) is 19.1 Å². The molecule has 2 heterocycles. The smallest absolute Gasteiger partial charge is 0.356 e. The lowest BCUT2D eigenvalue weighted by Gasteiger charge is -2.25. The van der Waals surface area contributed by atoms with Gasteiger partial charge >= 0.3 is 6.36 Å². The van der Waals surface area contributed by atoms with Crippen LogP contribution in [0.15, 0.2) is 24.5 Å². The van der Waals surface area contributed by atoms with E-state index in [2.05, 4.69) is 15.4 Å². The van der Waals surface area contributed by atoms with E-state index in [0.29, 0.717) is 19.4 Å². The summed E-state index contributed by atoms with van der Waals surface area (Å²) in [4.78, 5) is 37.1. The number of halogens is 3. The molecule has 0 saturated carbocycles. The van der Waals surface area contributed by atoms with E-state index < -0.39 is 42.7 Å². The second-order valence-electron chi connectivity index (χ2n) is 7.55. The fourth-order valence-electron chi connectivity index (χ4n) is 3.31. The molecule has 1 saturated heterocycles. The summed E-state index contributed by atoms with van der Waals surface area (Å²) in [5, 5.41) is 5.17. The fourth-order valence-corrected chi connectivity index (χ4v) is 3.31. The summed E-state index contributed by atoms with van der Waals surface area (Å²) in [7, 11) is 0. The minimum atomic E-state index is -4.96. The molecule has 2 amide bonds. The highest BCUT2D eigenvalue weighted by Crippen LogP contribution is 2.22. The number of Topliss-reactive ketones (excluding diaryl/α,β-unsaturated/α-hetero) is 1. The molecule has 0 unspecified atom stereocenters. The average molecular weight is 417 g/mol. The highest BCUT2D eigenvalue weighted by atomic mass is 19.4. The minimum absolute atomic E-state index is 0.0717. The Bertz CT molecular complexity index is 704. The van der Waals surface area contributed by atoms with Crippen molar-refractivity contribution in [1.29, 1.82) is 0 Å². The highest BCUT2D eigenvalue weighted by molar-refractivity contribution is 5.92. The molecule has 10 heteroatoms. The lowest BCUT2D eigenvalue weighted by Crippen LogP contribution is -2.47. The van der Waals surface area contributed by atoms with Gasteiger partial charge in [0.2, 0.25) is 11.8 Å². The second-order valence-corrected chi connectivity index (χ2v) is 7.55. The van der Waals surface area contributed by atoms with Gasteiger partial charge in [0.1, 0.15) is 12.6 Å². The topological polar surface area (TPSA) is 89.4 Å². The van der Waals surface area contributed by atoms with Gasteiger partial charge in [-0.25, -0.2) is 0 Å². The van der Waals surface area contributed by atoms with Crippen molar-refractivity contribution in [3.63, 3.8) is 0 Å². The van der Waals surface area contributed by atoms with Crippen LogP contribution in [0.25, 0.3) is 0 Å². The van der Waals surface area contributed by atoms with Crippen LogP contribution in [-0.2, 0) is 19.1 Å². The molecule has 1 aromatic heterocycles. The molecule has 0 bridgehead atoms. The van der Waals surface area contributed by atoms with E-state index in [4.69, 9.17) is 0 Å². The number of nitrogens with zero attached hydrogens (tertiary/aromatic N) is 1. The number of carbonyl (C=O) groups excluding carboxylic acids is 3. The maximum absolute atomic E-state index is 12.9. The summed E-state index contributed by atoms with van der Waals surface area (Å²) in [6, 6.07) is 1.64. The quantitative estimate of drug-likeness (QED) is 0.611. The zero-order valence-electron chi connectivity index (χ0n) is 16.4. The van der Waals surface area contributed by atoms with Crippen molar-refractivity contribution in [3.05, 3.63) is 24.5 Å². The molecule has 7 nitrogen and oxygen atoms in total. The maximum Gasteiger partial charge on any atom is 0.522 e. The van der Waals surface area contributed by atoms with Gasteiger partial charge in [-0.2, -0.15) is 0 Å². The van der Waals surface area contributed by atoms with Crippen LogP contribution in [0.4, 0.5) is 13.2 Å². The van der Waals surface area contributed by atoms with Gasteiger partial charge in [0.05, 0.1) is 6.04 Å². The van der Waals surface area contributed by atoms with Gasteiger partial charge < -0.3 is 15.2 Å². The third kappa shape index (κ3) is 7.19. The summed E-state index contributed by atoms with van der Waals surface area (Å²) >= 11 is 0. The zero-order valence-corrected chi connectivity index (χ0v) is 16.4. The van der Waals surface area contributed by atoms with Crippen molar-refractivity contribution >= 4 is 17.6 Å². The molecule has 1 aliphatic heterocycles. The summed E-state index contributed by atoms with van der Waals surface area (Å²) in [6.07, 6.45) is -0.685. The van der Waals surface area contributed by atoms with Crippen molar-refractivity contribution in [3.8, 4) is 0 Å². The van der Waals surface area contributed by atoms with Gasteiger partial charge in [-0.15, -0.1) is 13.2 Å². The lowest BCUT2D eigenvalue weighted by atomic mass is 9.95. The monoisotopic (exact) mass is 417 g/mol. The van der Waals surface area contributed by atoms with Crippen molar-refractivity contribution in [2.45, 2.75) is 51.6 Å². The zero-order chi connectivity index (χ0) is 21.6. The number of amides is 2. The molecule has 1 aromatic rings. The summed E-state index contributed by atoms with van der Waals surface area (Å²) in [5.41, 5.74) is 0. The first-order valence-corrected chi connectivity index (χ1v) is 9.50. The SMILES string of the molecule is CC(C)C[C@@H](C(=O)N[C@@H](C[C@@H]1CCNC1=O)C(=O)COC(F)(F)F)n1cccc1. The number of alkyl halides is 3. The van der Waals surface area contributed by atoms with Crippen LogP contribution in [0.2, 0.25) is 0 Å². The molecular formula is C19H26F3N3O4. The van der Waals surface area contributed by atoms with E-state index in [9.17, 15) is 27.6 Å². The molecule has 1 fully saturated rings. The summed E-state index contributed by atoms with van der Waals surface area (Å²) < 4.78 is 42.3. The summed E-state index contributed by atoms with van der Waals surface area (Å²) in [5.74, 6) is -2.08. The van der Waals surface area contributed by atoms with Gasteiger partial charge in [-0.05, 0) is 37.3 Å². The average Bonchev–Trinajstić information content (AvgIpc) is 3.28. The number of hydrogen-bond acceptors (Lipinski definition) is 4. The Kier molecular flexibility index (Phi) is 7.83. The van der Waals surface area contributed by atoms with E-state index in [-0.39, 0.29) is 18.2 Å². The van der Waals surface area contributed by atoms with Crippen LogP contribution in [0.3, 0.4) is 0 Å². The maximum atomic E-state index is 12.9. The molecule has 0 radical (unpaired) electrons. The fraction of sp³-hybridized carbons (Fsp3) is 0.632. The van der Waals surface area contributed by atoms with Crippen LogP contribution < -0.4 is 10.6 Å². The van der Waals surface area contributed by atoms with E-state index in [0.717, 1.165) is 0 Å². The van der Waals surface area contributed by atoms with E-state index in [1.165, 1.54) is 0 Å². The Morgan fingerprint density at radius 3 is 2.48 bits per heavy atom. The Labute approximate surface area is 167 Å². The van der Waals surface area contributed by atoms with Crippen LogP contribution >= 0.6 is 0 Å². The van der Waals surface area contributed by atoms with Crippen molar-refractivity contribution in [1.82, 2.24) is 15.2 Å². The van der Waals surface area contributed by atoms with E-state index in [1.807, 2.05) is 13.8 Å². The standard InChI is InChI=1S/C19H26F3N3O4/c1-12(2)9-15(25-7-3-4-8-25)18(28)24-14(10-13-5-6-23-17(13)27)16(26)11-29-19(20,21)22/h3-4,7-8,12-15H,5-6,9-11H2,1-2H3,(H,23,27)(H,24,28)/t13-,14-,15-/m0/s1. The first-order chi connectivity index (χ1) is 13.6. The molecule has 2 N–H and O–H groups in total. The Morgan fingerprint density at radius 1 is 1.31 bits per heavy atom. The summed E-state index contributed by atoms with van der Waals surface area (Å²) in [6.45, 7) is 3.08. The Balaban J connectivity index is 2.14. The Hall–Kier alpha value is -2.36. The Morgan fingerprint density at radius 2 is 1.97 bits per heavy atom. The number of hydrogen-bond donors (Lipinski definition) is 2. The molecule has 0 aliphatic carbocycles. The molecule has 0 aromatic carbocycles. The van der Waals surface area contributed by atoms with E-state index >= 15 is 0 Å². The molecule has 2 rings (SSSR count). The first-order valence-electron chi connectivity index (χ1n) is 9.50. The highest BCUT2D eigenvalue weighted by Gasteiger charge is 2.36. The number of nitrogens with one attached hydrogen (secondary N) is 2. The van der Waals surface area contributed by atoms with E-state index in [1.54, 1.807) is 29.1 Å². The third-order valence-corrected chi connectivity index (χ3v) is 4.75. The number of ketones is 1. The van der Waals surface area contributed by atoms with Crippen LogP contribution in [0, 0.1) is 11.8 Å². The van der Waals surface area contributed by atoms with Crippen molar-refractivity contribution in [2.75, 3.05) is 13.2 Å². The molecular weight excluding hydrogens is 391 g/mol. The number of rotatable bonds is 10. The van der Waals surface area contributed by atoms with Gasteiger partial charge in [0.15, 0.2) is 5.78 Å². The van der Waals surface area contributed by atoms with Crippen molar-refractivity contribution < 1.29 is 32.3 Å². The predicted octanol–water partition coefficient (Wildman–Crippen LogP) is 2.19. The van der Waals surface area contributed by atoms with Crippen molar-refractivity contribution in [2.24, 2.45) is 11.8 Å². The number of carbonyl (C=O) groups is 3. The molecule has 3 atom stereocenters. The van der Waals surface area contributed by atoms with Gasteiger partial charge in [-0.1, -0.05) is 13.8 Å². The lowest BCUT2D eigenvalue weighted by molar-refractivity contribution is -0.321. The predicted molar refractivity (Wildman–Crippen MR) is 97.6 cm³/mol. The molecule has 1 aliphatic rings. The van der Waals surface area contributed by atoms with Gasteiger partial charge in [0.25, 0.3) is 0 Å². The van der Waals surface area contributed by atoms with Crippen LogP contribution in [0.1, 0.15) is 39.2 Å². The van der Waals surface area contributed by atoms with Gasteiger partial charge in [0, 0.05) is 24.9 Å². The molecule has 0 spiro atoms.